The number of amides is 1. The lowest BCUT2D eigenvalue weighted by Gasteiger charge is -2.25. The Hall–Kier alpha value is -1.10. The number of nitrogens with one attached hydrogen (secondary N) is 1. The fraction of sp³-hybridized carbons (Fsp3) is 0.400. The summed E-state index contributed by atoms with van der Waals surface area (Å²) in [7, 11) is 0. The van der Waals surface area contributed by atoms with Crippen LogP contribution in [0.4, 0.5) is 0 Å². The summed E-state index contributed by atoms with van der Waals surface area (Å²) in [6, 6.07) is 7.92. The van der Waals surface area contributed by atoms with E-state index in [2.05, 4.69) is 5.32 Å². The van der Waals surface area contributed by atoms with Gasteiger partial charge in [-0.2, -0.15) is 0 Å². The van der Waals surface area contributed by atoms with Crippen LogP contribution in [0.25, 0.3) is 10.1 Å². The zero-order valence-corrected chi connectivity index (χ0v) is 12.5. The van der Waals surface area contributed by atoms with Gasteiger partial charge in [0, 0.05) is 16.1 Å². The molecule has 3 rings (SSSR count). The molecule has 1 aromatic heterocycles. The topological polar surface area (TPSA) is 49.3 Å². The molecule has 3 nitrogen and oxygen atoms in total. The zero-order chi connectivity index (χ0) is 14.1. The van der Waals surface area contributed by atoms with Crippen LogP contribution in [-0.4, -0.2) is 23.2 Å². The molecule has 0 spiro atoms. The summed E-state index contributed by atoms with van der Waals surface area (Å²) in [6.45, 7) is 0. The zero-order valence-electron chi connectivity index (χ0n) is 10.9. The van der Waals surface area contributed by atoms with Crippen molar-refractivity contribution in [3.8, 4) is 0 Å². The third kappa shape index (κ3) is 2.68. The molecule has 0 atom stereocenters. The van der Waals surface area contributed by atoms with Gasteiger partial charge in [-0.15, -0.1) is 11.3 Å². The van der Waals surface area contributed by atoms with Gasteiger partial charge >= 0.3 is 0 Å². The van der Waals surface area contributed by atoms with Crippen LogP contribution in [0.2, 0.25) is 5.02 Å². The average Bonchev–Trinajstić information content (AvgIpc) is 2.79. The van der Waals surface area contributed by atoms with Gasteiger partial charge in [0.15, 0.2) is 0 Å². The molecule has 1 saturated carbocycles. The number of carbonyl (C=O) groups excluding carboxylic acids is 1. The quantitative estimate of drug-likeness (QED) is 0.890. The van der Waals surface area contributed by atoms with Gasteiger partial charge in [0.25, 0.3) is 5.91 Å². The van der Waals surface area contributed by atoms with Crippen LogP contribution in [0.5, 0.6) is 0 Å². The number of benzene rings is 1. The Morgan fingerprint density at radius 2 is 1.95 bits per heavy atom. The van der Waals surface area contributed by atoms with Gasteiger partial charge in [-0.05, 0) is 31.7 Å². The van der Waals surface area contributed by atoms with Crippen molar-refractivity contribution in [3.05, 3.63) is 34.2 Å². The van der Waals surface area contributed by atoms with Gasteiger partial charge in [-0.3, -0.25) is 4.79 Å². The van der Waals surface area contributed by atoms with E-state index in [-0.39, 0.29) is 18.1 Å². The molecule has 1 heterocycles. The predicted molar refractivity (Wildman–Crippen MR) is 82.6 cm³/mol. The first-order valence-corrected chi connectivity index (χ1v) is 8.00. The van der Waals surface area contributed by atoms with Crippen molar-refractivity contribution >= 4 is 38.9 Å². The first-order valence-electron chi connectivity index (χ1n) is 6.81. The number of halogens is 1. The van der Waals surface area contributed by atoms with Crippen molar-refractivity contribution < 1.29 is 9.90 Å². The van der Waals surface area contributed by atoms with Crippen LogP contribution >= 0.6 is 22.9 Å². The predicted octanol–water partition coefficient (Wildman–Crippen LogP) is 3.59. The molecule has 1 amide bonds. The highest BCUT2D eigenvalue weighted by Crippen LogP contribution is 2.35. The molecular weight excluding hydrogens is 294 g/mol. The van der Waals surface area contributed by atoms with E-state index in [1.807, 2.05) is 24.3 Å². The maximum Gasteiger partial charge on any atom is 0.263 e. The standard InChI is InChI=1S/C15H16ClNO2S/c16-13-11-3-1-2-4-12(11)20-14(13)15(19)17-9-5-7-10(18)8-6-9/h1-4,9-10,18H,5-8H2,(H,17,19). The van der Waals surface area contributed by atoms with E-state index in [4.69, 9.17) is 11.6 Å². The summed E-state index contributed by atoms with van der Waals surface area (Å²) in [6.07, 6.45) is 2.96. The Balaban J connectivity index is 1.77. The second kappa shape index (κ2) is 5.72. The lowest BCUT2D eigenvalue weighted by molar-refractivity contribution is 0.0871. The summed E-state index contributed by atoms with van der Waals surface area (Å²) < 4.78 is 1.03. The molecule has 0 saturated heterocycles. The average molecular weight is 310 g/mol. The van der Waals surface area contributed by atoms with Crippen LogP contribution in [0, 0.1) is 0 Å². The highest BCUT2D eigenvalue weighted by Gasteiger charge is 2.23. The number of hydrogen-bond donors (Lipinski definition) is 2. The number of hydrogen-bond acceptors (Lipinski definition) is 3. The van der Waals surface area contributed by atoms with Crippen molar-refractivity contribution in [2.24, 2.45) is 0 Å². The minimum atomic E-state index is -0.212. The van der Waals surface area contributed by atoms with Crippen molar-refractivity contribution in [2.45, 2.75) is 37.8 Å². The number of aliphatic hydroxyl groups is 1. The lowest BCUT2D eigenvalue weighted by Crippen LogP contribution is -2.38. The van der Waals surface area contributed by atoms with Crippen molar-refractivity contribution in [1.29, 1.82) is 0 Å². The number of aliphatic hydroxyl groups excluding tert-OH is 1. The third-order valence-electron chi connectivity index (χ3n) is 3.77. The Morgan fingerprint density at radius 1 is 1.25 bits per heavy atom. The highest BCUT2D eigenvalue weighted by molar-refractivity contribution is 7.21. The van der Waals surface area contributed by atoms with Gasteiger partial charge in [0.2, 0.25) is 0 Å². The van der Waals surface area contributed by atoms with Crippen molar-refractivity contribution in [1.82, 2.24) is 5.32 Å². The van der Waals surface area contributed by atoms with Crippen LogP contribution in [0.15, 0.2) is 24.3 Å². The molecule has 1 aliphatic rings. The molecule has 2 aromatic rings. The second-order valence-corrected chi connectivity index (χ2v) is 6.65. The molecule has 1 aliphatic carbocycles. The highest BCUT2D eigenvalue weighted by atomic mass is 35.5. The Labute approximate surface area is 126 Å². The molecule has 0 aliphatic heterocycles. The van der Waals surface area contributed by atoms with E-state index in [9.17, 15) is 9.90 Å². The molecule has 1 fully saturated rings. The second-order valence-electron chi connectivity index (χ2n) is 5.22. The molecule has 2 N–H and O–H groups in total. The first kappa shape index (κ1) is 13.9. The normalized spacial score (nSPS) is 22.9. The van der Waals surface area contributed by atoms with E-state index in [0.29, 0.717) is 9.90 Å². The third-order valence-corrected chi connectivity index (χ3v) is 5.45. The fourth-order valence-electron chi connectivity index (χ4n) is 2.63. The van der Waals surface area contributed by atoms with E-state index < -0.39 is 0 Å². The molecule has 5 heteroatoms. The van der Waals surface area contributed by atoms with Crippen LogP contribution < -0.4 is 5.32 Å². The largest absolute Gasteiger partial charge is 0.393 e. The van der Waals surface area contributed by atoms with E-state index in [0.717, 1.165) is 35.8 Å². The van der Waals surface area contributed by atoms with Crippen LogP contribution in [-0.2, 0) is 0 Å². The van der Waals surface area contributed by atoms with Crippen LogP contribution in [0.1, 0.15) is 35.4 Å². The minimum Gasteiger partial charge on any atom is -0.393 e. The number of carbonyl (C=O) groups is 1. The van der Waals surface area contributed by atoms with Gasteiger partial charge in [0.05, 0.1) is 11.1 Å². The maximum atomic E-state index is 12.3. The minimum absolute atomic E-state index is 0.0995. The van der Waals surface area contributed by atoms with Gasteiger partial charge in [-0.25, -0.2) is 0 Å². The summed E-state index contributed by atoms with van der Waals surface area (Å²) >= 11 is 7.73. The number of fused-ring (bicyclic) bond motifs is 1. The van der Waals surface area contributed by atoms with E-state index >= 15 is 0 Å². The monoisotopic (exact) mass is 309 g/mol. The lowest BCUT2D eigenvalue weighted by atomic mass is 9.93. The van der Waals surface area contributed by atoms with Crippen LogP contribution in [0.3, 0.4) is 0 Å². The molecule has 20 heavy (non-hydrogen) atoms. The summed E-state index contributed by atoms with van der Waals surface area (Å²) in [5.41, 5.74) is 0. The molecule has 0 bridgehead atoms. The summed E-state index contributed by atoms with van der Waals surface area (Å²) in [5, 5.41) is 14.0. The Kier molecular flexibility index (Phi) is 3.96. The van der Waals surface area contributed by atoms with Gasteiger partial charge in [0.1, 0.15) is 4.88 Å². The summed E-state index contributed by atoms with van der Waals surface area (Å²) in [4.78, 5) is 12.9. The van der Waals surface area contributed by atoms with E-state index in [1.54, 1.807) is 0 Å². The Morgan fingerprint density at radius 3 is 2.65 bits per heavy atom. The fourth-order valence-corrected chi connectivity index (χ4v) is 4.05. The van der Waals surface area contributed by atoms with Crippen molar-refractivity contribution in [3.63, 3.8) is 0 Å². The van der Waals surface area contributed by atoms with Gasteiger partial charge < -0.3 is 10.4 Å². The van der Waals surface area contributed by atoms with E-state index in [1.165, 1.54) is 11.3 Å². The molecular formula is C15H16ClNO2S. The smallest absolute Gasteiger partial charge is 0.263 e. The molecule has 1 aromatic carbocycles. The molecule has 0 unspecified atom stereocenters. The van der Waals surface area contributed by atoms with Gasteiger partial charge in [-0.1, -0.05) is 29.8 Å². The summed E-state index contributed by atoms with van der Waals surface area (Å²) in [5.74, 6) is -0.0995. The number of rotatable bonds is 2. The Bertz CT molecular complexity index is 632. The number of thiophene rings is 1. The molecule has 0 radical (unpaired) electrons. The maximum absolute atomic E-state index is 12.3. The van der Waals surface area contributed by atoms with Crippen molar-refractivity contribution in [2.75, 3.05) is 0 Å². The SMILES string of the molecule is O=C(NC1CCC(O)CC1)c1sc2ccccc2c1Cl. The first-order chi connectivity index (χ1) is 9.65. The molecule has 106 valence electrons.